The van der Waals surface area contributed by atoms with Crippen LogP contribution in [0, 0.1) is 6.92 Å². The molecule has 17 heteroatoms. The molecule has 0 spiro atoms. The molecule has 5 rings (SSSR count). The number of hydrogen-bond acceptors (Lipinski definition) is 8. The molecule has 0 fully saturated rings. The number of hydrogen-bond donors (Lipinski definition) is 1. The second-order valence-electron chi connectivity index (χ2n) is 10.7. The first-order valence-corrected chi connectivity index (χ1v) is 16.1. The highest BCUT2D eigenvalue weighted by molar-refractivity contribution is 9.10. The minimum Gasteiger partial charge on any atom is -0.346 e. The van der Waals surface area contributed by atoms with E-state index in [0.29, 0.717) is 15.4 Å². The minimum absolute atomic E-state index is 0.0413. The number of carbonyl (C=O) groups is 2. The lowest BCUT2D eigenvalue weighted by Gasteiger charge is -2.19. The Kier molecular flexibility index (Phi) is 8.92. The number of pyridine rings is 1. The largest absolute Gasteiger partial charge is 0.405 e. The summed E-state index contributed by atoms with van der Waals surface area (Å²) in [4.78, 5) is 44.2. The monoisotopic (exact) mass is 720 g/mol. The van der Waals surface area contributed by atoms with Crippen molar-refractivity contribution < 1.29 is 31.2 Å². The van der Waals surface area contributed by atoms with Crippen molar-refractivity contribution >= 4 is 60.0 Å². The fraction of sp³-hybridized carbons (Fsp3) is 0.310. The zero-order valence-corrected chi connectivity index (χ0v) is 27.4. The number of carbonyl (C=O) groups excluding carboxylic acids is 2. The van der Waals surface area contributed by atoms with Gasteiger partial charge in [-0.15, -0.1) is 0 Å². The summed E-state index contributed by atoms with van der Waals surface area (Å²) >= 11 is 3.38. The molecule has 46 heavy (non-hydrogen) atoms. The van der Waals surface area contributed by atoms with E-state index in [-0.39, 0.29) is 52.2 Å². The third-order valence-corrected chi connectivity index (χ3v) is 9.44. The van der Waals surface area contributed by atoms with Crippen LogP contribution in [-0.2, 0) is 26.0 Å². The Balaban J connectivity index is 1.66. The van der Waals surface area contributed by atoms with Crippen molar-refractivity contribution in [3.63, 3.8) is 0 Å². The fourth-order valence-electron chi connectivity index (χ4n) is 4.77. The van der Waals surface area contributed by atoms with Gasteiger partial charge >= 0.3 is 6.18 Å². The van der Waals surface area contributed by atoms with Gasteiger partial charge in [-0.25, -0.2) is 32.3 Å². The van der Waals surface area contributed by atoms with E-state index in [1.54, 1.807) is 25.2 Å². The smallest absolute Gasteiger partial charge is 0.346 e. The number of alkyl halides is 3. The average Bonchev–Trinajstić information content (AvgIpc) is 3.56. The van der Waals surface area contributed by atoms with Gasteiger partial charge < -0.3 is 14.8 Å². The highest BCUT2D eigenvalue weighted by Crippen LogP contribution is 2.33. The summed E-state index contributed by atoms with van der Waals surface area (Å²) in [6, 6.07) is 6.82. The van der Waals surface area contributed by atoms with Crippen LogP contribution < -0.4 is 5.32 Å². The number of nitrogens with one attached hydrogen (secondary N) is 1. The minimum atomic E-state index is -4.62. The molecule has 12 nitrogen and oxygen atoms in total. The van der Waals surface area contributed by atoms with Gasteiger partial charge in [0.25, 0.3) is 10.0 Å². The zero-order valence-electron chi connectivity index (χ0n) is 25.0. The lowest BCUT2D eigenvalue weighted by Crippen LogP contribution is -2.38. The van der Waals surface area contributed by atoms with Crippen LogP contribution in [0.1, 0.15) is 31.3 Å². The molecule has 4 heterocycles. The molecule has 1 aromatic carbocycles. The van der Waals surface area contributed by atoms with Gasteiger partial charge in [0.05, 0.1) is 11.1 Å². The van der Waals surface area contributed by atoms with Crippen LogP contribution in [0.15, 0.2) is 58.3 Å². The highest BCUT2D eigenvalue weighted by atomic mass is 79.9. The second kappa shape index (κ2) is 12.4. The van der Waals surface area contributed by atoms with Gasteiger partial charge in [-0.1, -0.05) is 17.7 Å². The molecule has 0 aliphatic carbocycles. The maximum absolute atomic E-state index is 13.7. The molecule has 0 radical (unpaired) electrons. The Bertz CT molecular complexity index is 2080. The number of rotatable bonds is 9. The standard InChI is InChI=1S/C29H28BrF3N8O4S/c1-16-5-7-20(8-6-16)46(44,45)40-14-22(21-11-19(30)12-35-26(21)40)25-34-13-23-27(38-25)41(17(2)28(43)36-15-29(31,32)33)24(37-23)9-10-39(4)18(3)42/h5-8,11-14,17H,9-10,15H2,1-4H3,(H,36,43). The molecular weight excluding hydrogens is 693 g/mol. The quantitative estimate of drug-likeness (QED) is 0.236. The Morgan fingerprint density at radius 2 is 1.78 bits per heavy atom. The molecule has 2 amide bonds. The second-order valence-corrected chi connectivity index (χ2v) is 13.4. The topological polar surface area (TPSA) is 145 Å². The van der Waals surface area contributed by atoms with Crippen molar-refractivity contribution in [1.82, 2.24) is 38.7 Å². The predicted molar refractivity (Wildman–Crippen MR) is 166 cm³/mol. The van der Waals surface area contributed by atoms with Crippen LogP contribution >= 0.6 is 15.9 Å². The van der Waals surface area contributed by atoms with Gasteiger partial charge in [-0.2, -0.15) is 13.2 Å². The lowest BCUT2D eigenvalue weighted by atomic mass is 10.2. The molecule has 1 unspecified atom stereocenters. The number of aryl methyl sites for hydroxylation is 1. The van der Waals surface area contributed by atoms with Crippen LogP contribution in [0.25, 0.3) is 33.6 Å². The van der Waals surface area contributed by atoms with Crippen molar-refractivity contribution in [2.75, 3.05) is 20.1 Å². The summed E-state index contributed by atoms with van der Waals surface area (Å²) in [6.45, 7) is 3.32. The Hall–Kier alpha value is -4.38. The van der Waals surface area contributed by atoms with Crippen LogP contribution in [0.4, 0.5) is 13.2 Å². The summed E-state index contributed by atoms with van der Waals surface area (Å²) in [5.74, 6) is -0.783. The molecule has 4 aromatic heterocycles. The van der Waals surface area contributed by atoms with Gasteiger partial charge in [0.1, 0.15) is 23.9 Å². The maximum Gasteiger partial charge on any atom is 0.405 e. The third-order valence-electron chi connectivity index (χ3n) is 7.34. The number of aromatic nitrogens is 6. The summed E-state index contributed by atoms with van der Waals surface area (Å²) in [5, 5.41) is 2.30. The SMILES string of the molecule is CC(=O)N(C)CCc1nc2cnc(-c3cn(S(=O)(=O)c4ccc(C)cc4)c4ncc(Br)cc34)nc2n1C(C)C(=O)NCC(F)(F)F. The number of fused-ring (bicyclic) bond motifs is 2. The fourth-order valence-corrected chi connectivity index (χ4v) is 6.42. The number of halogens is 4. The van der Waals surface area contributed by atoms with E-state index in [1.165, 1.54) is 54.0 Å². The van der Waals surface area contributed by atoms with E-state index < -0.39 is 34.7 Å². The third kappa shape index (κ3) is 6.60. The number of benzene rings is 1. The molecule has 1 atom stereocenters. The molecule has 0 aliphatic rings. The molecule has 0 saturated heterocycles. The van der Waals surface area contributed by atoms with Gasteiger partial charge in [0.15, 0.2) is 17.1 Å². The van der Waals surface area contributed by atoms with E-state index >= 15 is 0 Å². The Morgan fingerprint density at radius 3 is 2.43 bits per heavy atom. The number of imidazole rings is 1. The Labute approximate surface area is 269 Å². The van der Waals surface area contributed by atoms with E-state index in [0.717, 1.165) is 9.54 Å². The molecule has 242 valence electrons. The van der Waals surface area contributed by atoms with E-state index in [4.69, 9.17) is 0 Å². The van der Waals surface area contributed by atoms with Gasteiger partial charge in [0.2, 0.25) is 11.8 Å². The van der Waals surface area contributed by atoms with Crippen LogP contribution in [0.5, 0.6) is 0 Å². The molecular formula is C29H28BrF3N8O4S. The van der Waals surface area contributed by atoms with Crippen molar-refractivity contribution in [2.45, 2.75) is 44.3 Å². The molecule has 0 aliphatic heterocycles. The number of likely N-dealkylation sites (N-methyl/N-ethyl adjacent to an activating group) is 1. The van der Waals surface area contributed by atoms with Crippen molar-refractivity contribution in [3.05, 3.63) is 64.8 Å². The number of nitrogens with zero attached hydrogens (tertiary/aromatic N) is 7. The van der Waals surface area contributed by atoms with Crippen molar-refractivity contribution in [1.29, 1.82) is 0 Å². The molecule has 1 N–H and O–H groups in total. The van der Waals surface area contributed by atoms with Crippen LogP contribution in [0.3, 0.4) is 0 Å². The van der Waals surface area contributed by atoms with Crippen LogP contribution in [-0.4, -0.2) is 79.9 Å². The average molecular weight is 722 g/mol. The first-order chi connectivity index (χ1) is 21.6. The lowest BCUT2D eigenvalue weighted by molar-refractivity contribution is -0.140. The van der Waals surface area contributed by atoms with E-state index in [9.17, 15) is 31.2 Å². The summed E-state index contributed by atoms with van der Waals surface area (Å²) in [5.41, 5.74) is 1.66. The number of amides is 2. The van der Waals surface area contributed by atoms with Crippen LogP contribution in [0.2, 0.25) is 0 Å². The predicted octanol–water partition coefficient (Wildman–Crippen LogP) is 4.41. The van der Waals surface area contributed by atoms with E-state index in [1.807, 2.05) is 12.2 Å². The summed E-state index contributed by atoms with van der Waals surface area (Å²) in [7, 11) is -2.52. The van der Waals surface area contributed by atoms with Gasteiger partial charge in [-0.3, -0.25) is 9.59 Å². The first-order valence-electron chi connectivity index (χ1n) is 13.9. The molecule has 0 saturated carbocycles. The maximum atomic E-state index is 13.7. The van der Waals surface area contributed by atoms with Crippen molar-refractivity contribution in [3.8, 4) is 11.4 Å². The van der Waals surface area contributed by atoms with E-state index in [2.05, 4.69) is 35.9 Å². The van der Waals surface area contributed by atoms with Crippen molar-refractivity contribution in [2.24, 2.45) is 0 Å². The van der Waals surface area contributed by atoms with Gasteiger partial charge in [0, 0.05) is 54.8 Å². The first kappa shape index (κ1) is 33.0. The van der Waals surface area contributed by atoms with Gasteiger partial charge in [-0.05, 0) is 48.0 Å². The summed E-state index contributed by atoms with van der Waals surface area (Å²) < 4.78 is 69.2. The summed E-state index contributed by atoms with van der Waals surface area (Å²) in [6.07, 6.45) is -0.273. The Morgan fingerprint density at radius 1 is 1.09 bits per heavy atom. The normalized spacial score (nSPS) is 12.9. The zero-order chi connectivity index (χ0) is 33.6. The molecule has 5 aromatic rings. The molecule has 0 bridgehead atoms. The highest BCUT2D eigenvalue weighted by Gasteiger charge is 2.31.